The standard InChI is InChI=1S/C6H12NO4P/c8-12(9,10)11-6-5-3-1-2-4-7(5)6/h5-6H,1-4H2,(H2,8,9,10). The Kier molecular flexibility index (Phi) is 2.01. The normalized spacial score (nSPS) is 40.7. The molecule has 2 rings (SSSR count). The van der Waals surface area contributed by atoms with Crippen molar-refractivity contribution in [1.82, 2.24) is 4.90 Å². The molecule has 3 unspecified atom stereocenters. The van der Waals surface area contributed by atoms with Crippen molar-refractivity contribution in [2.45, 2.75) is 31.5 Å². The van der Waals surface area contributed by atoms with Crippen LogP contribution >= 0.6 is 7.82 Å². The summed E-state index contributed by atoms with van der Waals surface area (Å²) in [7, 11) is -4.27. The number of fused-ring (bicyclic) bond motifs is 1. The summed E-state index contributed by atoms with van der Waals surface area (Å²) in [5.41, 5.74) is 0. The topological polar surface area (TPSA) is 69.8 Å². The van der Waals surface area contributed by atoms with Gasteiger partial charge in [0, 0.05) is 6.54 Å². The first-order valence-corrected chi connectivity index (χ1v) is 5.61. The minimum Gasteiger partial charge on any atom is -0.303 e. The molecule has 3 atom stereocenters. The summed E-state index contributed by atoms with van der Waals surface area (Å²) >= 11 is 0. The van der Waals surface area contributed by atoms with Crippen molar-refractivity contribution in [3.05, 3.63) is 0 Å². The molecule has 0 aliphatic carbocycles. The minimum absolute atomic E-state index is 0.270. The van der Waals surface area contributed by atoms with E-state index in [4.69, 9.17) is 9.79 Å². The number of nitrogens with zero attached hydrogens (tertiary/aromatic N) is 1. The van der Waals surface area contributed by atoms with E-state index in [0.717, 1.165) is 25.8 Å². The van der Waals surface area contributed by atoms with E-state index in [1.54, 1.807) is 0 Å². The molecule has 0 aromatic heterocycles. The molecule has 2 fully saturated rings. The van der Waals surface area contributed by atoms with Crippen molar-refractivity contribution in [3.8, 4) is 0 Å². The van der Waals surface area contributed by atoms with Crippen molar-refractivity contribution >= 4 is 7.82 Å². The van der Waals surface area contributed by atoms with Crippen LogP contribution in [0.25, 0.3) is 0 Å². The van der Waals surface area contributed by atoms with Crippen LogP contribution in [-0.4, -0.2) is 33.5 Å². The second-order valence-corrected chi connectivity index (χ2v) is 4.48. The number of rotatable bonds is 2. The van der Waals surface area contributed by atoms with Gasteiger partial charge in [0.25, 0.3) is 0 Å². The average Bonchev–Trinajstić information content (AvgIpc) is 2.61. The van der Waals surface area contributed by atoms with Gasteiger partial charge in [-0.05, 0) is 12.8 Å². The molecule has 0 aromatic rings. The highest BCUT2D eigenvalue weighted by molar-refractivity contribution is 7.46. The minimum atomic E-state index is -4.27. The number of hydrogen-bond donors (Lipinski definition) is 2. The summed E-state index contributed by atoms with van der Waals surface area (Å²) in [6.45, 7) is 0.912. The first kappa shape index (κ1) is 8.66. The van der Waals surface area contributed by atoms with E-state index in [2.05, 4.69) is 4.52 Å². The van der Waals surface area contributed by atoms with E-state index in [9.17, 15) is 4.57 Å². The molecule has 12 heavy (non-hydrogen) atoms. The Hall–Kier alpha value is 0.0700. The van der Waals surface area contributed by atoms with Crippen molar-refractivity contribution in [1.29, 1.82) is 0 Å². The van der Waals surface area contributed by atoms with Crippen LogP contribution in [0.15, 0.2) is 0 Å². The van der Waals surface area contributed by atoms with Gasteiger partial charge < -0.3 is 9.79 Å². The highest BCUT2D eigenvalue weighted by Gasteiger charge is 2.52. The Morgan fingerprint density at radius 3 is 2.67 bits per heavy atom. The molecule has 0 saturated carbocycles. The van der Waals surface area contributed by atoms with E-state index in [-0.39, 0.29) is 12.3 Å². The predicted octanol–water partition coefficient (Wildman–Crippen LogP) is 0.290. The molecule has 5 nitrogen and oxygen atoms in total. The Balaban J connectivity index is 1.89. The molecule has 6 heteroatoms. The smallest absolute Gasteiger partial charge is 0.303 e. The van der Waals surface area contributed by atoms with Crippen LogP contribution in [-0.2, 0) is 9.09 Å². The Morgan fingerprint density at radius 1 is 1.42 bits per heavy atom. The molecule has 0 amide bonds. The van der Waals surface area contributed by atoms with Crippen molar-refractivity contribution in [3.63, 3.8) is 0 Å². The van der Waals surface area contributed by atoms with Crippen LogP contribution in [0.4, 0.5) is 0 Å². The van der Waals surface area contributed by atoms with Gasteiger partial charge in [-0.2, -0.15) is 0 Å². The monoisotopic (exact) mass is 193 g/mol. The Bertz CT molecular complexity index is 216. The second kappa shape index (κ2) is 2.79. The van der Waals surface area contributed by atoms with E-state index < -0.39 is 7.82 Å². The fourth-order valence-corrected chi connectivity index (χ4v) is 2.37. The van der Waals surface area contributed by atoms with Gasteiger partial charge in [0.1, 0.15) is 6.23 Å². The zero-order valence-corrected chi connectivity index (χ0v) is 7.48. The molecule has 0 bridgehead atoms. The average molecular weight is 193 g/mol. The van der Waals surface area contributed by atoms with Gasteiger partial charge >= 0.3 is 7.82 Å². The Morgan fingerprint density at radius 2 is 2.17 bits per heavy atom. The van der Waals surface area contributed by atoms with Gasteiger partial charge in [-0.3, -0.25) is 9.42 Å². The zero-order chi connectivity index (χ0) is 8.77. The number of phosphoric ester groups is 1. The molecule has 0 aromatic carbocycles. The first-order chi connectivity index (χ1) is 5.58. The van der Waals surface area contributed by atoms with Gasteiger partial charge in [0.2, 0.25) is 0 Å². The third-order valence-corrected chi connectivity index (χ3v) is 2.89. The summed E-state index contributed by atoms with van der Waals surface area (Å²) in [6, 6.07) is 0.270. The number of piperidine rings is 1. The molecule has 0 spiro atoms. The van der Waals surface area contributed by atoms with Crippen LogP contribution in [0.3, 0.4) is 0 Å². The van der Waals surface area contributed by atoms with Crippen LogP contribution < -0.4 is 0 Å². The van der Waals surface area contributed by atoms with E-state index in [1.807, 2.05) is 4.90 Å². The molecule has 2 heterocycles. The third-order valence-electron chi connectivity index (χ3n) is 2.40. The lowest BCUT2D eigenvalue weighted by Crippen LogP contribution is -2.10. The fraction of sp³-hybridized carbons (Fsp3) is 1.00. The summed E-state index contributed by atoms with van der Waals surface area (Å²) in [6.07, 6.45) is 2.94. The van der Waals surface area contributed by atoms with Crippen LogP contribution in [0.5, 0.6) is 0 Å². The SMILES string of the molecule is O=P(O)(O)OC1C2CCCCN21. The van der Waals surface area contributed by atoms with Crippen LogP contribution in [0.1, 0.15) is 19.3 Å². The highest BCUT2D eigenvalue weighted by atomic mass is 31.2. The van der Waals surface area contributed by atoms with Gasteiger partial charge in [-0.15, -0.1) is 0 Å². The Labute approximate surface area is 70.6 Å². The van der Waals surface area contributed by atoms with Gasteiger partial charge in [-0.1, -0.05) is 6.42 Å². The maximum atomic E-state index is 10.5. The summed E-state index contributed by atoms with van der Waals surface area (Å²) in [5.74, 6) is 0. The highest BCUT2D eigenvalue weighted by Crippen LogP contribution is 2.47. The maximum Gasteiger partial charge on any atom is 0.471 e. The molecule has 2 N–H and O–H groups in total. The zero-order valence-electron chi connectivity index (χ0n) is 6.59. The molecule has 70 valence electrons. The lowest BCUT2D eigenvalue weighted by Gasteiger charge is -2.07. The van der Waals surface area contributed by atoms with Gasteiger partial charge in [-0.25, -0.2) is 4.57 Å². The molecular weight excluding hydrogens is 181 g/mol. The number of phosphoric acid groups is 1. The molecular formula is C6H12NO4P. The number of hydrogen-bond acceptors (Lipinski definition) is 3. The molecule has 2 saturated heterocycles. The lowest BCUT2D eigenvalue weighted by molar-refractivity contribution is 0.156. The van der Waals surface area contributed by atoms with Crippen molar-refractivity contribution in [2.75, 3.05) is 6.54 Å². The predicted molar refractivity (Wildman–Crippen MR) is 41.3 cm³/mol. The lowest BCUT2D eigenvalue weighted by atomic mass is 10.1. The van der Waals surface area contributed by atoms with E-state index in [0.29, 0.717) is 0 Å². The molecule has 0 radical (unpaired) electrons. The molecule has 2 aliphatic heterocycles. The van der Waals surface area contributed by atoms with Crippen LogP contribution in [0.2, 0.25) is 0 Å². The third kappa shape index (κ3) is 1.70. The van der Waals surface area contributed by atoms with Crippen molar-refractivity contribution in [2.24, 2.45) is 0 Å². The van der Waals surface area contributed by atoms with Crippen molar-refractivity contribution < 1.29 is 18.9 Å². The summed E-state index contributed by atoms with van der Waals surface area (Å²) in [5, 5.41) is 0. The fourth-order valence-electron chi connectivity index (χ4n) is 1.82. The van der Waals surface area contributed by atoms with E-state index >= 15 is 0 Å². The quantitative estimate of drug-likeness (QED) is 0.487. The van der Waals surface area contributed by atoms with Crippen LogP contribution in [0, 0.1) is 0 Å². The maximum absolute atomic E-state index is 10.5. The molecule has 2 aliphatic rings. The summed E-state index contributed by atoms with van der Waals surface area (Å²) < 4.78 is 15.1. The van der Waals surface area contributed by atoms with E-state index in [1.165, 1.54) is 0 Å². The van der Waals surface area contributed by atoms with Gasteiger partial charge in [0.15, 0.2) is 0 Å². The first-order valence-electron chi connectivity index (χ1n) is 4.08. The largest absolute Gasteiger partial charge is 0.471 e. The summed E-state index contributed by atoms with van der Waals surface area (Å²) in [4.78, 5) is 19.1. The van der Waals surface area contributed by atoms with Gasteiger partial charge in [0.05, 0.1) is 6.04 Å². The second-order valence-electron chi connectivity index (χ2n) is 3.29.